The Morgan fingerprint density at radius 1 is 1.31 bits per heavy atom. The maximum absolute atomic E-state index is 5.23. The molecule has 0 aliphatic rings. The Morgan fingerprint density at radius 3 is 3.00 bits per heavy atom. The molecule has 0 aliphatic heterocycles. The lowest BCUT2D eigenvalue weighted by atomic mass is 10.2. The molecule has 0 fully saturated rings. The summed E-state index contributed by atoms with van der Waals surface area (Å²) < 4.78 is 5.23. The monoisotopic (exact) mass is 230 g/mol. The Kier molecular flexibility index (Phi) is 2.15. The van der Waals surface area contributed by atoms with E-state index in [0.29, 0.717) is 0 Å². The Labute approximate surface area is 96.7 Å². The van der Waals surface area contributed by atoms with Crippen LogP contribution in [0.3, 0.4) is 0 Å². The van der Waals surface area contributed by atoms with Crippen molar-refractivity contribution in [3.8, 4) is 16.3 Å². The molecule has 80 valence electrons. The van der Waals surface area contributed by atoms with Crippen LogP contribution in [-0.4, -0.2) is 17.3 Å². The molecule has 3 aromatic rings. The number of thiophene rings is 1. The van der Waals surface area contributed by atoms with E-state index in [1.165, 1.54) is 4.88 Å². The van der Waals surface area contributed by atoms with E-state index in [4.69, 9.17) is 4.74 Å². The summed E-state index contributed by atoms with van der Waals surface area (Å²) in [5.74, 6) is 0.853. The third-order valence-corrected chi connectivity index (χ3v) is 3.40. The van der Waals surface area contributed by atoms with E-state index in [9.17, 15) is 0 Å². The number of nitrogens with one attached hydrogen (secondary N) is 1. The van der Waals surface area contributed by atoms with Crippen LogP contribution in [0.4, 0.5) is 0 Å². The minimum atomic E-state index is 0.853. The third-order valence-electron chi connectivity index (χ3n) is 2.52. The van der Waals surface area contributed by atoms with Gasteiger partial charge in [-0.3, -0.25) is 5.10 Å². The highest BCUT2D eigenvalue weighted by Gasteiger charge is 2.09. The van der Waals surface area contributed by atoms with Crippen LogP contribution in [0.1, 0.15) is 0 Å². The summed E-state index contributed by atoms with van der Waals surface area (Å²) in [7, 11) is 1.67. The van der Waals surface area contributed by atoms with Gasteiger partial charge in [0.05, 0.1) is 17.5 Å². The number of nitrogens with zero attached hydrogens (tertiary/aromatic N) is 1. The van der Waals surface area contributed by atoms with Gasteiger partial charge in [0.1, 0.15) is 11.4 Å². The van der Waals surface area contributed by atoms with E-state index in [-0.39, 0.29) is 0 Å². The Morgan fingerprint density at radius 2 is 2.25 bits per heavy atom. The molecule has 0 amide bonds. The Balaban J connectivity index is 2.25. The first-order valence-electron chi connectivity index (χ1n) is 4.94. The summed E-state index contributed by atoms with van der Waals surface area (Å²) >= 11 is 1.69. The van der Waals surface area contributed by atoms with E-state index in [1.807, 2.05) is 24.3 Å². The standard InChI is InChI=1S/C12H10N2OS/c1-15-8-4-5-10-9(7-8)12(14-13-10)11-3-2-6-16-11/h2-7H,1H3,(H,13,14). The van der Waals surface area contributed by atoms with Crippen LogP contribution in [0, 0.1) is 0 Å². The van der Waals surface area contributed by atoms with Gasteiger partial charge in [0.15, 0.2) is 0 Å². The Hall–Kier alpha value is -1.81. The first-order valence-corrected chi connectivity index (χ1v) is 5.82. The van der Waals surface area contributed by atoms with Crippen LogP contribution >= 0.6 is 11.3 Å². The second-order valence-corrected chi connectivity index (χ2v) is 4.41. The van der Waals surface area contributed by atoms with Crippen molar-refractivity contribution < 1.29 is 4.74 Å². The molecule has 0 aliphatic carbocycles. The van der Waals surface area contributed by atoms with Crippen LogP contribution in [0.2, 0.25) is 0 Å². The third kappa shape index (κ3) is 1.39. The molecular formula is C12H10N2OS. The summed E-state index contributed by atoms with van der Waals surface area (Å²) in [5, 5.41) is 10.5. The molecule has 16 heavy (non-hydrogen) atoms. The Bertz CT molecular complexity index is 613. The predicted molar refractivity (Wildman–Crippen MR) is 66.0 cm³/mol. The first kappa shape index (κ1) is 9.42. The summed E-state index contributed by atoms with van der Waals surface area (Å²) in [6.07, 6.45) is 0. The van der Waals surface area contributed by atoms with Gasteiger partial charge in [-0.25, -0.2) is 0 Å². The molecule has 3 nitrogen and oxygen atoms in total. The molecule has 4 heteroatoms. The number of methoxy groups -OCH3 is 1. The van der Waals surface area contributed by atoms with Crippen molar-refractivity contribution in [3.63, 3.8) is 0 Å². The minimum absolute atomic E-state index is 0.853. The molecule has 0 saturated carbocycles. The van der Waals surface area contributed by atoms with Crippen molar-refractivity contribution in [1.82, 2.24) is 10.2 Å². The molecule has 0 bridgehead atoms. The highest BCUT2D eigenvalue weighted by molar-refractivity contribution is 7.13. The summed E-state index contributed by atoms with van der Waals surface area (Å²) in [5.41, 5.74) is 2.02. The fraction of sp³-hybridized carbons (Fsp3) is 0.0833. The molecule has 0 saturated heterocycles. The zero-order valence-electron chi connectivity index (χ0n) is 8.73. The number of aromatic nitrogens is 2. The molecule has 2 aromatic heterocycles. The molecule has 1 aromatic carbocycles. The second-order valence-electron chi connectivity index (χ2n) is 3.46. The van der Waals surface area contributed by atoms with Crippen LogP contribution in [0.15, 0.2) is 35.7 Å². The number of rotatable bonds is 2. The van der Waals surface area contributed by atoms with Crippen molar-refractivity contribution in [3.05, 3.63) is 35.7 Å². The van der Waals surface area contributed by atoms with E-state index in [0.717, 1.165) is 22.3 Å². The average molecular weight is 230 g/mol. The molecule has 3 rings (SSSR count). The lowest BCUT2D eigenvalue weighted by molar-refractivity contribution is 0.415. The maximum atomic E-state index is 5.23. The highest BCUT2D eigenvalue weighted by Crippen LogP contribution is 2.31. The largest absolute Gasteiger partial charge is 0.497 e. The topological polar surface area (TPSA) is 37.9 Å². The van der Waals surface area contributed by atoms with Gasteiger partial charge in [0.2, 0.25) is 0 Å². The summed E-state index contributed by atoms with van der Waals surface area (Å²) in [6.45, 7) is 0. The number of fused-ring (bicyclic) bond motifs is 1. The number of hydrogen-bond acceptors (Lipinski definition) is 3. The fourth-order valence-electron chi connectivity index (χ4n) is 1.72. The quantitative estimate of drug-likeness (QED) is 0.733. The number of aromatic amines is 1. The summed E-state index contributed by atoms with van der Waals surface area (Å²) in [6, 6.07) is 10.0. The van der Waals surface area contributed by atoms with Crippen LogP contribution in [-0.2, 0) is 0 Å². The van der Waals surface area contributed by atoms with Gasteiger partial charge < -0.3 is 4.74 Å². The minimum Gasteiger partial charge on any atom is -0.497 e. The average Bonchev–Trinajstić information content (AvgIpc) is 2.96. The number of H-pyrrole nitrogens is 1. The normalized spacial score (nSPS) is 10.8. The zero-order valence-corrected chi connectivity index (χ0v) is 9.54. The van der Waals surface area contributed by atoms with Crippen LogP contribution < -0.4 is 4.74 Å². The van der Waals surface area contributed by atoms with Gasteiger partial charge in [-0.1, -0.05) is 6.07 Å². The van der Waals surface area contributed by atoms with E-state index < -0.39 is 0 Å². The van der Waals surface area contributed by atoms with Gasteiger partial charge in [0.25, 0.3) is 0 Å². The first-order chi connectivity index (χ1) is 7.88. The molecule has 0 spiro atoms. The zero-order chi connectivity index (χ0) is 11.0. The molecule has 1 N–H and O–H groups in total. The van der Waals surface area contributed by atoms with Crippen LogP contribution in [0.5, 0.6) is 5.75 Å². The van der Waals surface area contributed by atoms with Gasteiger partial charge >= 0.3 is 0 Å². The maximum Gasteiger partial charge on any atom is 0.119 e. The van der Waals surface area contributed by atoms with Gasteiger partial charge in [-0.2, -0.15) is 5.10 Å². The van der Waals surface area contributed by atoms with Crippen molar-refractivity contribution >= 4 is 22.2 Å². The van der Waals surface area contributed by atoms with Gasteiger partial charge in [-0.15, -0.1) is 11.3 Å². The summed E-state index contributed by atoms with van der Waals surface area (Å²) in [4.78, 5) is 1.17. The highest BCUT2D eigenvalue weighted by atomic mass is 32.1. The number of hydrogen-bond donors (Lipinski definition) is 1. The lowest BCUT2D eigenvalue weighted by Gasteiger charge is -1.99. The second kappa shape index (κ2) is 3.64. The SMILES string of the molecule is COc1ccc2[nH]nc(-c3cccs3)c2c1. The van der Waals surface area contributed by atoms with E-state index >= 15 is 0 Å². The van der Waals surface area contributed by atoms with Crippen molar-refractivity contribution in [2.45, 2.75) is 0 Å². The van der Waals surface area contributed by atoms with E-state index in [2.05, 4.69) is 21.6 Å². The fourth-order valence-corrected chi connectivity index (χ4v) is 2.45. The number of ether oxygens (including phenoxy) is 1. The van der Waals surface area contributed by atoms with Crippen molar-refractivity contribution in [2.24, 2.45) is 0 Å². The number of benzene rings is 1. The van der Waals surface area contributed by atoms with Gasteiger partial charge in [0, 0.05) is 5.39 Å². The predicted octanol–water partition coefficient (Wildman–Crippen LogP) is 3.30. The van der Waals surface area contributed by atoms with Crippen molar-refractivity contribution in [1.29, 1.82) is 0 Å². The van der Waals surface area contributed by atoms with Crippen LogP contribution in [0.25, 0.3) is 21.5 Å². The smallest absolute Gasteiger partial charge is 0.119 e. The molecule has 0 radical (unpaired) electrons. The van der Waals surface area contributed by atoms with Gasteiger partial charge in [-0.05, 0) is 29.6 Å². The molecular weight excluding hydrogens is 220 g/mol. The molecule has 0 atom stereocenters. The van der Waals surface area contributed by atoms with Crippen molar-refractivity contribution in [2.75, 3.05) is 7.11 Å². The van der Waals surface area contributed by atoms with E-state index in [1.54, 1.807) is 18.4 Å². The lowest BCUT2D eigenvalue weighted by Crippen LogP contribution is -1.81. The molecule has 0 unspecified atom stereocenters. The molecule has 2 heterocycles.